The summed E-state index contributed by atoms with van der Waals surface area (Å²) >= 11 is 0. The maximum Gasteiger partial charge on any atom is 0.123 e. The summed E-state index contributed by atoms with van der Waals surface area (Å²) in [6.07, 6.45) is 2.18. The van der Waals surface area contributed by atoms with Crippen LogP contribution in [0.25, 0.3) is 0 Å². The van der Waals surface area contributed by atoms with E-state index in [0.29, 0.717) is 0 Å². The Morgan fingerprint density at radius 3 is 2.71 bits per heavy atom. The Kier molecular flexibility index (Phi) is 3.27. The molecule has 1 aliphatic rings. The maximum atomic E-state index is 9.20. The Balaban J connectivity index is 2.19. The molecule has 0 radical (unpaired) electrons. The van der Waals surface area contributed by atoms with E-state index in [1.165, 1.54) is 0 Å². The first-order valence-corrected chi connectivity index (χ1v) is 6.33. The van der Waals surface area contributed by atoms with Gasteiger partial charge in [-0.05, 0) is 6.92 Å². The van der Waals surface area contributed by atoms with Crippen molar-refractivity contribution in [2.24, 2.45) is 0 Å². The highest BCUT2D eigenvalue weighted by atomic mass is 16.3. The van der Waals surface area contributed by atoms with Crippen LogP contribution in [0.15, 0.2) is 6.20 Å². The van der Waals surface area contributed by atoms with E-state index in [1.54, 1.807) is 0 Å². The molecule has 1 aromatic rings. The van der Waals surface area contributed by atoms with Gasteiger partial charge in [0.05, 0.1) is 18.8 Å². The summed E-state index contributed by atoms with van der Waals surface area (Å²) in [6.45, 7) is 11.7. The fourth-order valence-electron chi connectivity index (χ4n) is 2.12. The van der Waals surface area contributed by atoms with E-state index in [9.17, 15) is 5.11 Å². The fraction of sp³-hybridized carbons (Fsp3) is 0.769. The highest BCUT2D eigenvalue weighted by Crippen LogP contribution is 2.23. The molecule has 0 bridgehead atoms. The Bertz CT molecular complexity index is 392. The van der Waals surface area contributed by atoms with Crippen molar-refractivity contribution in [1.82, 2.24) is 14.5 Å². The Morgan fingerprint density at radius 2 is 2.12 bits per heavy atom. The molecule has 1 aromatic heterocycles. The number of hydrogen-bond acceptors (Lipinski definition) is 3. The summed E-state index contributed by atoms with van der Waals surface area (Å²) < 4.78 is 2.25. The van der Waals surface area contributed by atoms with Crippen molar-refractivity contribution in [2.45, 2.75) is 52.2 Å². The number of aliphatic hydroxyl groups excluding tert-OH is 1. The molecule has 0 spiro atoms. The SMILES string of the molecule is CC(CO)N1CCn2cc(C(C)(C)C)nc2C1. The zero-order chi connectivity index (χ0) is 12.6. The average Bonchev–Trinajstić information content (AvgIpc) is 2.70. The second-order valence-corrected chi connectivity index (χ2v) is 5.99. The highest BCUT2D eigenvalue weighted by molar-refractivity contribution is 5.14. The number of aliphatic hydroxyl groups is 1. The van der Waals surface area contributed by atoms with E-state index in [1.807, 2.05) is 0 Å². The minimum atomic E-state index is 0.109. The minimum Gasteiger partial charge on any atom is -0.395 e. The molecule has 96 valence electrons. The zero-order valence-corrected chi connectivity index (χ0v) is 11.3. The Labute approximate surface area is 103 Å². The molecule has 2 heterocycles. The molecule has 2 rings (SSSR count). The van der Waals surface area contributed by atoms with Gasteiger partial charge in [0, 0.05) is 30.7 Å². The van der Waals surface area contributed by atoms with Crippen LogP contribution in [0.2, 0.25) is 0 Å². The lowest BCUT2D eigenvalue weighted by molar-refractivity contribution is 0.107. The molecule has 1 atom stereocenters. The molecule has 0 saturated carbocycles. The molecular weight excluding hydrogens is 214 g/mol. The molecule has 17 heavy (non-hydrogen) atoms. The van der Waals surface area contributed by atoms with Crippen molar-refractivity contribution < 1.29 is 5.11 Å². The second-order valence-electron chi connectivity index (χ2n) is 5.99. The van der Waals surface area contributed by atoms with Crippen LogP contribution in [0.3, 0.4) is 0 Å². The lowest BCUT2D eigenvalue weighted by Crippen LogP contribution is -2.41. The molecule has 0 amide bonds. The first kappa shape index (κ1) is 12.6. The topological polar surface area (TPSA) is 41.3 Å². The quantitative estimate of drug-likeness (QED) is 0.845. The van der Waals surface area contributed by atoms with Gasteiger partial charge in [-0.3, -0.25) is 4.90 Å². The van der Waals surface area contributed by atoms with Gasteiger partial charge in [0.1, 0.15) is 5.82 Å². The van der Waals surface area contributed by atoms with Crippen molar-refractivity contribution >= 4 is 0 Å². The van der Waals surface area contributed by atoms with Gasteiger partial charge in [-0.2, -0.15) is 0 Å². The Hall–Kier alpha value is -0.870. The highest BCUT2D eigenvalue weighted by Gasteiger charge is 2.25. The van der Waals surface area contributed by atoms with Gasteiger partial charge >= 0.3 is 0 Å². The molecule has 1 unspecified atom stereocenters. The van der Waals surface area contributed by atoms with Crippen molar-refractivity contribution in [3.8, 4) is 0 Å². The summed E-state index contributed by atoms with van der Waals surface area (Å²) in [4.78, 5) is 7.02. The lowest BCUT2D eigenvalue weighted by atomic mass is 9.93. The summed E-state index contributed by atoms with van der Waals surface area (Å²) in [5, 5.41) is 9.20. The third-order valence-corrected chi connectivity index (χ3v) is 3.49. The first-order valence-electron chi connectivity index (χ1n) is 6.33. The van der Waals surface area contributed by atoms with E-state index in [-0.39, 0.29) is 18.1 Å². The van der Waals surface area contributed by atoms with E-state index < -0.39 is 0 Å². The molecule has 0 aromatic carbocycles. The van der Waals surface area contributed by atoms with Crippen LogP contribution in [0.4, 0.5) is 0 Å². The molecule has 0 aliphatic carbocycles. The summed E-state index contributed by atoms with van der Waals surface area (Å²) in [6, 6.07) is 0.221. The van der Waals surface area contributed by atoms with Gasteiger partial charge in [-0.25, -0.2) is 4.98 Å². The summed E-state index contributed by atoms with van der Waals surface area (Å²) in [7, 11) is 0. The number of imidazole rings is 1. The first-order chi connectivity index (χ1) is 7.91. The predicted octanol–water partition coefficient (Wildman–Crippen LogP) is 1.38. The number of hydrogen-bond donors (Lipinski definition) is 1. The number of fused-ring (bicyclic) bond motifs is 1. The van der Waals surface area contributed by atoms with Crippen molar-refractivity contribution in [3.63, 3.8) is 0 Å². The molecule has 1 aliphatic heterocycles. The van der Waals surface area contributed by atoms with E-state index in [0.717, 1.165) is 31.2 Å². The summed E-state index contributed by atoms with van der Waals surface area (Å²) in [5.41, 5.74) is 1.27. The van der Waals surface area contributed by atoms with Gasteiger partial charge in [0.25, 0.3) is 0 Å². The van der Waals surface area contributed by atoms with Crippen LogP contribution in [0.1, 0.15) is 39.2 Å². The normalized spacial score (nSPS) is 19.1. The van der Waals surface area contributed by atoms with Crippen LogP contribution in [0.5, 0.6) is 0 Å². The lowest BCUT2D eigenvalue weighted by Gasteiger charge is -2.31. The van der Waals surface area contributed by atoms with Crippen LogP contribution in [-0.2, 0) is 18.5 Å². The van der Waals surface area contributed by atoms with Crippen LogP contribution in [0, 0.1) is 0 Å². The van der Waals surface area contributed by atoms with Gasteiger partial charge in [0.15, 0.2) is 0 Å². The van der Waals surface area contributed by atoms with Crippen molar-refractivity contribution in [3.05, 3.63) is 17.7 Å². The van der Waals surface area contributed by atoms with Crippen molar-refractivity contribution in [1.29, 1.82) is 0 Å². The van der Waals surface area contributed by atoms with Gasteiger partial charge in [0.2, 0.25) is 0 Å². The van der Waals surface area contributed by atoms with Gasteiger partial charge < -0.3 is 9.67 Å². The molecule has 1 N–H and O–H groups in total. The van der Waals surface area contributed by atoms with E-state index in [2.05, 4.69) is 43.4 Å². The summed E-state index contributed by atoms with van der Waals surface area (Å²) in [5.74, 6) is 1.13. The minimum absolute atomic E-state index is 0.109. The average molecular weight is 237 g/mol. The van der Waals surface area contributed by atoms with Crippen LogP contribution >= 0.6 is 0 Å². The van der Waals surface area contributed by atoms with Gasteiger partial charge in [-0.1, -0.05) is 20.8 Å². The second kappa shape index (κ2) is 4.42. The molecule has 0 saturated heterocycles. The number of aromatic nitrogens is 2. The molecule has 4 heteroatoms. The standard InChI is InChI=1S/C13H23N3O/c1-10(9-17)15-5-6-16-7-11(13(2,3)4)14-12(16)8-15/h7,10,17H,5-6,8-9H2,1-4H3. The van der Waals surface area contributed by atoms with Gasteiger partial charge in [-0.15, -0.1) is 0 Å². The predicted molar refractivity (Wildman–Crippen MR) is 67.9 cm³/mol. The number of nitrogens with zero attached hydrogens (tertiary/aromatic N) is 3. The smallest absolute Gasteiger partial charge is 0.123 e. The van der Waals surface area contributed by atoms with Crippen LogP contribution in [-0.4, -0.2) is 38.8 Å². The number of rotatable bonds is 2. The van der Waals surface area contributed by atoms with Crippen LogP contribution < -0.4 is 0 Å². The molecule has 0 fully saturated rings. The molecule has 4 nitrogen and oxygen atoms in total. The van der Waals surface area contributed by atoms with E-state index >= 15 is 0 Å². The zero-order valence-electron chi connectivity index (χ0n) is 11.3. The largest absolute Gasteiger partial charge is 0.395 e. The Morgan fingerprint density at radius 1 is 1.41 bits per heavy atom. The fourth-order valence-corrected chi connectivity index (χ4v) is 2.12. The monoisotopic (exact) mass is 237 g/mol. The third-order valence-electron chi connectivity index (χ3n) is 3.49. The third kappa shape index (κ3) is 2.53. The van der Waals surface area contributed by atoms with E-state index in [4.69, 9.17) is 4.98 Å². The molecular formula is C13H23N3O. The maximum absolute atomic E-state index is 9.20. The van der Waals surface area contributed by atoms with Crippen molar-refractivity contribution in [2.75, 3.05) is 13.2 Å².